The second-order valence-corrected chi connectivity index (χ2v) is 6.13. The van der Waals surface area contributed by atoms with E-state index in [2.05, 4.69) is 5.32 Å². The molecule has 4 nitrogen and oxygen atoms in total. The Kier molecular flexibility index (Phi) is 6.23. The SMILES string of the molecule is COc1cccc(SCCC(=O)Nc2ccc(C(C)=O)cc2)c1. The van der Waals surface area contributed by atoms with E-state index in [1.807, 2.05) is 24.3 Å². The zero-order valence-corrected chi connectivity index (χ0v) is 14.0. The van der Waals surface area contributed by atoms with Gasteiger partial charge in [-0.05, 0) is 49.4 Å². The van der Waals surface area contributed by atoms with Crippen LogP contribution in [0, 0.1) is 0 Å². The monoisotopic (exact) mass is 329 g/mol. The molecule has 0 aliphatic rings. The lowest BCUT2D eigenvalue weighted by Crippen LogP contribution is -2.12. The van der Waals surface area contributed by atoms with E-state index in [0.717, 1.165) is 10.6 Å². The Morgan fingerprint density at radius 1 is 1.13 bits per heavy atom. The molecule has 0 bridgehead atoms. The van der Waals surface area contributed by atoms with Gasteiger partial charge in [0.25, 0.3) is 0 Å². The van der Waals surface area contributed by atoms with Crippen LogP contribution < -0.4 is 10.1 Å². The van der Waals surface area contributed by atoms with Gasteiger partial charge in [-0.1, -0.05) is 6.07 Å². The molecule has 0 atom stereocenters. The topological polar surface area (TPSA) is 55.4 Å². The fourth-order valence-corrected chi connectivity index (χ4v) is 2.86. The summed E-state index contributed by atoms with van der Waals surface area (Å²) in [6.07, 6.45) is 0.413. The summed E-state index contributed by atoms with van der Waals surface area (Å²) in [6, 6.07) is 14.7. The van der Waals surface area contributed by atoms with Gasteiger partial charge in [0, 0.05) is 28.3 Å². The van der Waals surface area contributed by atoms with Crippen molar-refractivity contribution in [3.8, 4) is 5.75 Å². The smallest absolute Gasteiger partial charge is 0.225 e. The third-order valence-electron chi connectivity index (χ3n) is 3.21. The standard InChI is InChI=1S/C18H19NO3S/c1-13(20)14-6-8-15(9-7-14)19-18(21)10-11-23-17-5-3-4-16(12-17)22-2/h3-9,12H,10-11H2,1-2H3,(H,19,21). The van der Waals surface area contributed by atoms with E-state index in [9.17, 15) is 9.59 Å². The number of ether oxygens (including phenoxy) is 1. The van der Waals surface area contributed by atoms with Crippen LogP contribution in [0.15, 0.2) is 53.4 Å². The zero-order chi connectivity index (χ0) is 16.7. The van der Waals surface area contributed by atoms with Crippen LogP contribution in [0.1, 0.15) is 23.7 Å². The summed E-state index contributed by atoms with van der Waals surface area (Å²) in [5, 5.41) is 2.83. The summed E-state index contributed by atoms with van der Waals surface area (Å²) < 4.78 is 5.17. The van der Waals surface area contributed by atoms with E-state index in [1.165, 1.54) is 6.92 Å². The number of carbonyl (C=O) groups is 2. The quantitative estimate of drug-likeness (QED) is 0.616. The van der Waals surface area contributed by atoms with Crippen molar-refractivity contribution in [1.82, 2.24) is 0 Å². The highest BCUT2D eigenvalue weighted by Crippen LogP contribution is 2.23. The molecule has 0 unspecified atom stereocenters. The number of anilines is 1. The summed E-state index contributed by atoms with van der Waals surface area (Å²) in [4.78, 5) is 24.2. The summed E-state index contributed by atoms with van der Waals surface area (Å²) in [5.41, 5.74) is 1.34. The molecule has 2 rings (SSSR count). The van der Waals surface area contributed by atoms with Gasteiger partial charge >= 0.3 is 0 Å². The molecule has 5 heteroatoms. The van der Waals surface area contributed by atoms with Gasteiger partial charge in [-0.2, -0.15) is 0 Å². The van der Waals surface area contributed by atoms with Crippen LogP contribution in [0.25, 0.3) is 0 Å². The molecule has 1 amide bonds. The van der Waals surface area contributed by atoms with Gasteiger partial charge < -0.3 is 10.1 Å². The molecular weight excluding hydrogens is 310 g/mol. The third kappa shape index (κ3) is 5.45. The first-order valence-corrected chi connectivity index (χ1v) is 8.25. The number of thioether (sulfide) groups is 1. The van der Waals surface area contributed by atoms with Crippen LogP contribution in [0.2, 0.25) is 0 Å². The van der Waals surface area contributed by atoms with Crippen molar-refractivity contribution in [1.29, 1.82) is 0 Å². The summed E-state index contributed by atoms with van der Waals surface area (Å²) in [6.45, 7) is 1.52. The van der Waals surface area contributed by atoms with Crippen LogP contribution in [0.5, 0.6) is 5.75 Å². The van der Waals surface area contributed by atoms with Gasteiger partial charge in [-0.3, -0.25) is 9.59 Å². The molecular formula is C18H19NO3S. The highest BCUT2D eigenvalue weighted by Gasteiger charge is 2.05. The van der Waals surface area contributed by atoms with Gasteiger partial charge in [0.1, 0.15) is 5.75 Å². The maximum absolute atomic E-state index is 11.9. The van der Waals surface area contributed by atoms with E-state index in [4.69, 9.17) is 4.74 Å². The minimum absolute atomic E-state index is 0.0116. The summed E-state index contributed by atoms with van der Waals surface area (Å²) in [5.74, 6) is 1.46. The van der Waals surface area contributed by atoms with Gasteiger partial charge in [0.2, 0.25) is 5.91 Å². The Bertz CT molecular complexity index is 683. The lowest BCUT2D eigenvalue weighted by atomic mass is 10.1. The first-order valence-electron chi connectivity index (χ1n) is 7.26. The lowest BCUT2D eigenvalue weighted by molar-refractivity contribution is -0.115. The Morgan fingerprint density at radius 3 is 2.52 bits per heavy atom. The number of Topliss-reactive ketones (excluding diaryl/α,β-unsaturated/α-hetero) is 1. The normalized spacial score (nSPS) is 10.2. The van der Waals surface area contributed by atoms with Gasteiger partial charge in [0.15, 0.2) is 5.78 Å². The van der Waals surface area contributed by atoms with Crippen molar-refractivity contribution < 1.29 is 14.3 Å². The molecule has 0 aliphatic heterocycles. The van der Waals surface area contributed by atoms with E-state index in [0.29, 0.717) is 23.4 Å². The van der Waals surface area contributed by atoms with Crippen molar-refractivity contribution in [2.45, 2.75) is 18.2 Å². The Labute approximate surface area is 140 Å². The minimum Gasteiger partial charge on any atom is -0.497 e. The predicted molar refractivity (Wildman–Crippen MR) is 93.4 cm³/mol. The number of nitrogens with one attached hydrogen (secondary N) is 1. The molecule has 0 fully saturated rings. The van der Waals surface area contributed by atoms with Crippen molar-refractivity contribution in [2.24, 2.45) is 0 Å². The molecule has 120 valence electrons. The number of benzene rings is 2. The average molecular weight is 329 g/mol. The number of amides is 1. The van der Waals surface area contributed by atoms with Crippen molar-refractivity contribution in [3.05, 3.63) is 54.1 Å². The second-order valence-electron chi connectivity index (χ2n) is 4.96. The summed E-state index contributed by atoms with van der Waals surface area (Å²) >= 11 is 1.61. The molecule has 2 aromatic rings. The molecule has 0 spiro atoms. The predicted octanol–water partition coefficient (Wildman–Crippen LogP) is 4.02. The Balaban J connectivity index is 1.79. The van der Waals surface area contributed by atoms with Gasteiger partial charge in [-0.25, -0.2) is 0 Å². The van der Waals surface area contributed by atoms with E-state index in [1.54, 1.807) is 43.1 Å². The Hall–Kier alpha value is -2.27. The molecule has 1 N–H and O–H groups in total. The van der Waals surface area contributed by atoms with Gasteiger partial charge in [-0.15, -0.1) is 11.8 Å². The van der Waals surface area contributed by atoms with Crippen molar-refractivity contribution in [2.75, 3.05) is 18.2 Å². The molecule has 0 saturated carbocycles. The molecule has 0 aromatic heterocycles. The van der Waals surface area contributed by atoms with E-state index >= 15 is 0 Å². The number of hydrogen-bond acceptors (Lipinski definition) is 4. The number of carbonyl (C=O) groups excluding carboxylic acids is 2. The van der Waals surface area contributed by atoms with E-state index < -0.39 is 0 Å². The Morgan fingerprint density at radius 2 is 1.87 bits per heavy atom. The third-order valence-corrected chi connectivity index (χ3v) is 4.21. The zero-order valence-electron chi connectivity index (χ0n) is 13.2. The molecule has 23 heavy (non-hydrogen) atoms. The molecule has 0 radical (unpaired) electrons. The fraction of sp³-hybridized carbons (Fsp3) is 0.222. The summed E-state index contributed by atoms with van der Waals surface area (Å²) in [7, 11) is 1.63. The van der Waals surface area contributed by atoms with Crippen LogP contribution in [0.4, 0.5) is 5.69 Å². The largest absolute Gasteiger partial charge is 0.497 e. The van der Waals surface area contributed by atoms with Crippen LogP contribution in [0.3, 0.4) is 0 Å². The lowest BCUT2D eigenvalue weighted by Gasteiger charge is -2.06. The second kappa shape index (κ2) is 8.39. The van der Waals surface area contributed by atoms with Crippen molar-refractivity contribution in [3.63, 3.8) is 0 Å². The fourth-order valence-electron chi connectivity index (χ4n) is 1.96. The minimum atomic E-state index is -0.0454. The number of ketones is 1. The number of hydrogen-bond donors (Lipinski definition) is 1. The van der Waals surface area contributed by atoms with Crippen molar-refractivity contribution >= 4 is 29.1 Å². The van der Waals surface area contributed by atoms with Crippen LogP contribution in [-0.2, 0) is 4.79 Å². The van der Waals surface area contributed by atoms with E-state index in [-0.39, 0.29) is 11.7 Å². The average Bonchev–Trinajstić information content (AvgIpc) is 2.55. The first kappa shape index (κ1) is 17.1. The number of rotatable bonds is 7. The first-order chi connectivity index (χ1) is 11.1. The molecule has 0 heterocycles. The molecule has 0 saturated heterocycles. The van der Waals surface area contributed by atoms with Crippen LogP contribution >= 0.6 is 11.8 Å². The molecule has 2 aromatic carbocycles. The maximum Gasteiger partial charge on any atom is 0.225 e. The number of methoxy groups -OCH3 is 1. The highest BCUT2D eigenvalue weighted by atomic mass is 32.2. The van der Waals surface area contributed by atoms with Crippen LogP contribution in [-0.4, -0.2) is 24.6 Å². The maximum atomic E-state index is 11.9. The molecule has 0 aliphatic carbocycles. The van der Waals surface area contributed by atoms with Gasteiger partial charge in [0.05, 0.1) is 7.11 Å². The highest BCUT2D eigenvalue weighted by molar-refractivity contribution is 7.99.